The molecule has 1 rings (SSSR count). The van der Waals surface area contributed by atoms with Crippen molar-refractivity contribution in [1.29, 1.82) is 0 Å². The highest BCUT2D eigenvalue weighted by molar-refractivity contribution is 5.94. The number of hydrogen-bond acceptors (Lipinski definition) is 4. The van der Waals surface area contributed by atoms with Crippen LogP contribution >= 0.6 is 0 Å². The van der Waals surface area contributed by atoms with Crippen LogP contribution in [-0.4, -0.2) is 48.2 Å². The molecule has 1 aliphatic rings. The summed E-state index contributed by atoms with van der Waals surface area (Å²) < 4.78 is 31.7. The summed E-state index contributed by atoms with van der Waals surface area (Å²) in [6.45, 7) is 0.215. The Morgan fingerprint density at radius 3 is 2.24 bits per heavy atom. The molecule has 5 N–H and O–H groups in total. The molecular weight excluding hydrogens is 247 g/mol. The average Bonchev–Trinajstić information content (AvgIpc) is 2.21. The van der Waals surface area contributed by atoms with Crippen LogP contribution < -0.4 is 16.4 Å². The van der Waals surface area contributed by atoms with Crippen LogP contribution in [0.4, 0.5) is 13.2 Å². The molecular formula is C7H10F3N3O4. The van der Waals surface area contributed by atoms with Crippen molar-refractivity contribution in [2.75, 3.05) is 13.1 Å². The number of piperazine rings is 1. The van der Waals surface area contributed by atoms with Crippen molar-refractivity contribution < 1.29 is 32.7 Å². The van der Waals surface area contributed by atoms with Gasteiger partial charge in [0, 0.05) is 6.54 Å². The summed E-state index contributed by atoms with van der Waals surface area (Å²) in [6, 6.07) is -0.541. The Labute approximate surface area is 93.1 Å². The van der Waals surface area contributed by atoms with E-state index in [2.05, 4.69) is 10.6 Å². The van der Waals surface area contributed by atoms with Gasteiger partial charge in [0.2, 0.25) is 11.8 Å². The van der Waals surface area contributed by atoms with Crippen LogP contribution in [0, 0.1) is 0 Å². The van der Waals surface area contributed by atoms with Gasteiger partial charge in [0.25, 0.3) is 0 Å². The number of hydrogen-bond donors (Lipinski definition) is 4. The van der Waals surface area contributed by atoms with Crippen LogP contribution in [0.2, 0.25) is 0 Å². The average molecular weight is 257 g/mol. The summed E-state index contributed by atoms with van der Waals surface area (Å²) >= 11 is 0. The quantitative estimate of drug-likeness (QED) is 0.441. The van der Waals surface area contributed by atoms with Crippen molar-refractivity contribution in [3.8, 4) is 0 Å². The largest absolute Gasteiger partial charge is 0.490 e. The first kappa shape index (κ1) is 15.2. The van der Waals surface area contributed by atoms with Gasteiger partial charge in [-0.2, -0.15) is 13.2 Å². The maximum atomic E-state index is 10.8. The lowest BCUT2D eigenvalue weighted by Crippen LogP contribution is -2.58. The van der Waals surface area contributed by atoms with Crippen LogP contribution in [0.25, 0.3) is 0 Å². The number of rotatable bonds is 1. The number of carboxylic acids is 1. The van der Waals surface area contributed by atoms with Gasteiger partial charge < -0.3 is 21.5 Å². The molecule has 1 saturated heterocycles. The zero-order valence-corrected chi connectivity index (χ0v) is 8.37. The fourth-order valence-electron chi connectivity index (χ4n) is 0.767. The molecule has 2 amide bonds. The third-order valence-corrected chi connectivity index (χ3v) is 1.55. The normalized spacial score (nSPS) is 19.6. The Balaban J connectivity index is 0.000000325. The predicted molar refractivity (Wildman–Crippen MR) is 47.7 cm³/mol. The number of aliphatic carboxylic acids is 1. The van der Waals surface area contributed by atoms with E-state index in [9.17, 15) is 22.8 Å². The van der Waals surface area contributed by atoms with Gasteiger partial charge in [0.15, 0.2) is 0 Å². The molecule has 0 aromatic heterocycles. The van der Waals surface area contributed by atoms with E-state index in [4.69, 9.17) is 15.6 Å². The topological polar surface area (TPSA) is 122 Å². The third kappa shape index (κ3) is 5.70. The van der Waals surface area contributed by atoms with E-state index >= 15 is 0 Å². The Bertz CT molecular complexity index is 318. The van der Waals surface area contributed by atoms with Crippen LogP contribution in [0.1, 0.15) is 0 Å². The highest BCUT2D eigenvalue weighted by Gasteiger charge is 2.38. The molecule has 0 aromatic rings. The number of alkyl halides is 3. The third-order valence-electron chi connectivity index (χ3n) is 1.55. The van der Waals surface area contributed by atoms with E-state index in [0.29, 0.717) is 0 Å². The molecule has 1 atom stereocenters. The summed E-state index contributed by atoms with van der Waals surface area (Å²) in [7, 11) is 0. The zero-order valence-electron chi connectivity index (χ0n) is 8.37. The molecule has 1 unspecified atom stereocenters. The summed E-state index contributed by atoms with van der Waals surface area (Å²) in [5.41, 5.74) is 5.18. The number of carbonyl (C=O) groups is 3. The SMILES string of the molecule is NCC1NC(=O)CNC1=O.O=C(O)C(F)(F)F. The minimum Gasteiger partial charge on any atom is -0.475 e. The van der Waals surface area contributed by atoms with Gasteiger partial charge in [-0.05, 0) is 0 Å². The highest BCUT2D eigenvalue weighted by atomic mass is 19.4. The Hall–Kier alpha value is -1.84. The van der Waals surface area contributed by atoms with Crippen molar-refractivity contribution in [1.82, 2.24) is 10.6 Å². The lowest BCUT2D eigenvalue weighted by Gasteiger charge is -2.21. The fourth-order valence-corrected chi connectivity index (χ4v) is 0.767. The number of nitrogens with two attached hydrogens (primary N) is 1. The Morgan fingerprint density at radius 1 is 1.47 bits per heavy atom. The second kappa shape index (κ2) is 6.03. The van der Waals surface area contributed by atoms with Gasteiger partial charge in [0.05, 0.1) is 6.54 Å². The van der Waals surface area contributed by atoms with Gasteiger partial charge in [-0.3, -0.25) is 9.59 Å². The van der Waals surface area contributed by atoms with Crippen LogP contribution in [0.5, 0.6) is 0 Å². The molecule has 98 valence electrons. The molecule has 7 nitrogen and oxygen atoms in total. The molecule has 0 aromatic carbocycles. The molecule has 0 spiro atoms. The van der Waals surface area contributed by atoms with Crippen molar-refractivity contribution in [2.45, 2.75) is 12.2 Å². The molecule has 0 saturated carbocycles. The smallest absolute Gasteiger partial charge is 0.475 e. The van der Waals surface area contributed by atoms with E-state index in [0.717, 1.165) is 0 Å². The van der Waals surface area contributed by atoms with Crippen LogP contribution in [0.15, 0.2) is 0 Å². The fraction of sp³-hybridized carbons (Fsp3) is 0.571. The van der Waals surface area contributed by atoms with Crippen LogP contribution in [0.3, 0.4) is 0 Å². The maximum absolute atomic E-state index is 10.8. The van der Waals surface area contributed by atoms with Gasteiger partial charge in [-0.25, -0.2) is 4.79 Å². The number of amides is 2. The molecule has 10 heteroatoms. The minimum atomic E-state index is -5.08. The second-order valence-electron chi connectivity index (χ2n) is 2.88. The van der Waals surface area contributed by atoms with E-state index in [-0.39, 0.29) is 24.9 Å². The molecule has 0 bridgehead atoms. The zero-order chi connectivity index (χ0) is 13.6. The monoisotopic (exact) mass is 257 g/mol. The van der Waals surface area contributed by atoms with Gasteiger partial charge >= 0.3 is 12.1 Å². The van der Waals surface area contributed by atoms with Gasteiger partial charge in [-0.15, -0.1) is 0 Å². The molecule has 1 aliphatic heterocycles. The summed E-state index contributed by atoms with van der Waals surface area (Å²) in [5, 5.41) is 12.0. The Morgan fingerprint density at radius 2 is 1.94 bits per heavy atom. The highest BCUT2D eigenvalue weighted by Crippen LogP contribution is 2.13. The molecule has 0 radical (unpaired) electrons. The lowest BCUT2D eigenvalue weighted by molar-refractivity contribution is -0.192. The molecule has 1 fully saturated rings. The molecule has 17 heavy (non-hydrogen) atoms. The van der Waals surface area contributed by atoms with Gasteiger partial charge in [-0.1, -0.05) is 0 Å². The molecule has 1 heterocycles. The number of nitrogens with one attached hydrogen (secondary N) is 2. The number of halogens is 3. The summed E-state index contributed by atoms with van der Waals surface area (Å²) in [5.74, 6) is -3.15. The first-order valence-electron chi connectivity index (χ1n) is 4.25. The van der Waals surface area contributed by atoms with Crippen molar-refractivity contribution in [3.63, 3.8) is 0 Å². The van der Waals surface area contributed by atoms with E-state index in [1.807, 2.05) is 0 Å². The summed E-state index contributed by atoms with van der Waals surface area (Å²) in [6.07, 6.45) is -5.08. The lowest BCUT2D eigenvalue weighted by atomic mass is 10.2. The standard InChI is InChI=1S/C5H9N3O2.C2HF3O2/c6-1-3-5(10)7-2-4(9)8-3;3-2(4,5)1(6)7/h3H,1-2,6H2,(H,7,10)(H,8,9);(H,6,7). The van der Waals surface area contributed by atoms with Crippen molar-refractivity contribution >= 4 is 17.8 Å². The van der Waals surface area contributed by atoms with E-state index < -0.39 is 18.2 Å². The van der Waals surface area contributed by atoms with Crippen molar-refractivity contribution in [3.05, 3.63) is 0 Å². The Kier molecular flexibility index (Phi) is 5.38. The first-order valence-corrected chi connectivity index (χ1v) is 4.25. The second-order valence-corrected chi connectivity index (χ2v) is 2.88. The van der Waals surface area contributed by atoms with Gasteiger partial charge in [0.1, 0.15) is 6.04 Å². The summed E-state index contributed by atoms with van der Waals surface area (Å²) in [4.78, 5) is 30.3. The van der Waals surface area contributed by atoms with Crippen LogP contribution in [-0.2, 0) is 14.4 Å². The number of carboxylic acid groups (broad SMARTS) is 1. The predicted octanol–water partition coefficient (Wildman–Crippen LogP) is -1.81. The number of carbonyl (C=O) groups excluding carboxylic acids is 2. The van der Waals surface area contributed by atoms with Crippen molar-refractivity contribution in [2.24, 2.45) is 5.73 Å². The first-order chi connectivity index (χ1) is 7.68. The molecule has 0 aliphatic carbocycles. The minimum absolute atomic E-state index is 0.0648. The van der Waals surface area contributed by atoms with E-state index in [1.54, 1.807) is 0 Å². The maximum Gasteiger partial charge on any atom is 0.490 e. The van der Waals surface area contributed by atoms with E-state index in [1.165, 1.54) is 0 Å².